The maximum atomic E-state index is 12.1. The fraction of sp³-hybridized carbons (Fsp3) is 0.562. The molecule has 0 radical (unpaired) electrons. The van der Waals surface area contributed by atoms with E-state index in [-0.39, 0.29) is 17.2 Å². The molecule has 1 aliphatic rings. The fourth-order valence-corrected chi connectivity index (χ4v) is 4.32. The van der Waals surface area contributed by atoms with Gasteiger partial charge in [-0.3, -0.25) is 14.9 Å². The largest absolute Gasteiger partial charge is 0.301 e. The third-order valence-corrected chi connectivity index (χ3v) is 5.54. The van der Waals surface area contributed by atoms with Gasteiger partial charge in [0.1, 0.15) is 5.01 Å². The first-order valence-corrected chi connectivity index (χ1v) is 10.2. The lowest BCUT2D eigenvalue weighted by Gasteiger charge is -2.14. The molecule has 134 valence electrons. The molecule has 0 saturated carbocycles. The SMILES string of the molecule is CC(C)Cc1nnc(NC(=O)CSc2nc3c(c(=O)[nH]2)CCCC3)s1. The Kier molecular flexibility index (Phi) is 5.85. The molecule has 2 heterocycles. The van der Waals surface area contributed by atoms with Crippen LogP contribution >= 0.6 is 23.1 Å². The summed E-state index contributed by atoms with van der Waals surface area (Å²) < 4.78 is 0. The molecule has 3 rings (SSSR count). The maximum absolute atomic E-state index is 12.1. The van der Waals surface area contributed by atoms with Crippen molar-refractivity contribution < 1.29 is 4.79 Å². The lowest BCUT2D eigenvalue weighted by molar-refractivity contribution is -0.113. The van der Waals surface area contributed by atoms with Crippen molar-refractivity contribution in [2.45, 2.75) is 51.1 Å². The first-order chi connectivity index (χ1) is 12.0. The first kappa shape index (κ1) is 18.1. The van der Waals surface area contributed by atoms with Gasteiger partial charge in [0.15, 0.2) is 5.16 Å². The van der Waals surface area contributed by atoms with Gasteiger partial charge in [-0.2, -0.15) is 0 Å². The number of hydrogen-bond acceptors (Lipinski definition) is 7. The Bertz CT molecular complexity index is 815. The molecule has 0 bridgehead atoms. The van der Waals surface area contributed by atoms with Crippen LogP contribution in [0.15, 0.2) is 9.95 Å². The van der Waals surface area contributed by atoms with Crippen LogP contribution in [0.4, 0.5) is 5.13 Å². The molecule has 0 aromatic carbocycles. The lowest BCUT2D eigenvalue weighted by atomic mass is 9.97. The second kappa shape index (κ2) is 8.09. The molecule has 1 aliphatic carbocycles. The molecule has 25 heavy (non-hydrogen) atoms. The van der Waals surface area contributed by atoms with Crippen LogP contribution in [0, 0.1) is 5.92 Å². The molecule has 0 unspecified atom stereocenters. The third kappa shape index (κ3) is 4.88. The van der Waals surface area contributed by atoms with Gasteiger partial charge < -0.3 is 4.98 Å². The highest BCUT2D eigenvalue weighted by molar-refractivity contribution is 7.99. The summed E-state index contributed by atoms with van der Waals surface area (Å²) in [5, 5.41) is 12.7. The molecule has 1 amide bonds. The predicted molar refractivity (Wildman–Crippen MR) is 99.3 cm³/mol. The predicted octanol–water partition coefficient (Wildman–Crippen LogP) is 2.43. The van der Waals surface area contributed by atoms with Crippen LogP contribution in [0.3, 0.4) is 0 Å². The van der Waals surface area contributed by atoms with Crippen molar-refractivity contribution in [2.75, 3.05) is 11.1 Å². The van der Waals surface area contributed by atoms with E-state index in [4.69, 9.17) is 0 Å². The zero-order chi connectivity index (χ0) is 17.8. The van der Waals surface area contributed by atoms with Crippen LogP contribution in [0.5, 0.6) is 0 Å². The van der Waals surface area contributed by atoms with Crippen LogP contribution in [-0.4, -0.2) is 31.8 Å². The number of nitrogens with zero attached hydrogens (tertiary/aromatic N) is 3. The summed E-state index contributed by atoms with van der Waals surface area (Å²) in [6.45, 7) is 4.23. The molecule has 0 spiro atoms. The van der Waals surface area contributed by atoms with E-state index >= 15 is 0 Å². The van der Waals surface area contributed by atoms with Crippen LogP contribution in [-0.2, 0) is 24.1 Å². The van der Waals surface area contributed by atoms with Gasteiger partial charge in [0.25, 0.3) is 5.56 Å². The maximum Gasteiger partial charge on any atom is 0.254 e. The van der Waals surface area contributed by atoms with Crippen molar-refractivity contribution in [3.63, 3.8) is 0 Å². The van der Waals surface area contributed by atoms with E-state index in [1.165, 1.54) is 23.1 Å². The number of amides is 1. The first-order valence-electron chi connectivity index (χ1n) is 8.38. The molecule has 0 fully saturated rings. The summed E-state index contributed by atoms with van der Waals surface area (Å²) in [5.74, 6) is 0.484. The average Bonchev–Trinajstić information content (AvgIpc) is 2.99. The van der Waals surface area contributed by atoms with Crippen molar-refractivity contribution in [3.05, 3.63) is 26.6 Å². The van der Waals surface area contributed by atoms with Crippen molar-refractivity contribution in [2.24, 2.45) is 5.92 Å². The van der Waals surface area contributed by atoms with Crippen LogP contribution in [0.2, 0.25) is 0 Å². The topological polar surface area (TPSA) is 101 Å². The third-order valence-electron chi connectivity index (χ3n) is 3.81. The number of anilines is 1. The average molecular weight is 380 g/mol. The standard InChI is InChI=1S/C16H21N5O2S2/c1-9(2)7-13-20-21-16(25-13)18-12(22)8-24-15-17-11-6-4-3-5-10(11)14(23)19-15/h9H,3-8H2,1-2H3,(H,17,19,23)(H,18,21,22). The molecule has 9 heteroatoms. The van der Waals surface area contributed by atoms with Gasteiger partial charge in [0.2, 0.25) is 11.0 Å². The normalized spacial score (nSPS) is 13.7. The summed E-state index contributed by atoms with van der Waals surface area (Å²) in [7, 11) is 0. The van der Waals surface area contributed by atoms with E-state index < -0.39 is 0 Å². The number of nitrogens with one attached hydrogen (secondary N) is 2. The number of carbonyl (C=O) groups excluding carboxylic acids is 1. The second-order valence-electron chi connectivity index (χ2n) is 6.44. The van der Waals surface area contributed by atoms with Gasteiger partial charge in [0.05, 0.1) is 11.4 Å². The number of carbonyl (C=O) groups is 1. The molecule has 0 aliphatic heterocycles. The number of rotatable bonds is 6. The zero-order valence-electron chi connectivity index (χ0n) is 14.3. The molecule has 7 nitrogen and oxygen atoms in total. The minimum atomic E-state index is -0.183. The van der Waals surface area contributed by atoms with Crippen LogP contribution in [0.1, 0.15) is 43.0 Å². The summed E-state index contributed by atoms with van der Waals surface area (Å²) in [5.41, 5.74) is 1.60. The smallest absolute Gasteiger partial charge is 0.254 e. The molecule has 2 N–H and O–H groups in total. The molecule has 2 aromatic heterocycles. The van der Waals surface area contributed by atoms with Gasteiger partial charge >= 0.3 is 0 Å². The Hall–Kier alpha value is -1.74. The Morgan fingerprint density at radius 1 is 1.32 bits per heavy atom. The highest BCUT2D eigenvalue weighted by atomic mass is 32.2. The summed E-state index contributed by atoms with van der Waals surface area (Å²) in [6.07, 6.45) is 4.57. The van der Waals surface area contributed by atoms with Gasteiger partial charge in [-0.1, -0.05) is 36.9 Å². The Morgan fingerprint density at radius 3 is 2.92 bits per heavy atom. The number of aryl methyl sites for hydroxylation is 1. The number of hydrogen-bond donors (Lipinski definition) is 2. The minimum absolute atomic E-state index is 0.0740. The van der Waals surface area contributed by atoms with Crippen molar-refractivity contribution >= 4 is 34.1 Å². The summed E-state index contributed by atoms with van der Waals surface area (Å²) >= 11 is 2.63. The second-order valence-corrected chi connectivity index (χ2v) is 8.47. The van der Waals surface area contributed by atoms with Crippen LogP contribution in [0.25, 0.3) is 0 Å². The van der Waals surface area contributed by atoms with E-state index in [1.807, 2.05) is 0 Å². The summed E-state index contributed by atoms with van der Waals surface area (Å²) in [6, 6.07) is 0. The molecule has 0 atom stereocenters. The number of aromatic nitrogens is 4. The highest BCUT2D eigenvalue weighted by Gasteiger charge is 2.16. The monoisotopic (exact) mass is 379 g/mol. The van der Waals surface area contributed by atoms with E-state index in [9.17, 15) is 9.59 Å². The highest BCUT2D eigenvalue weighted by Crippen LogP contribution is 2.21. The quantitative estimate of drug-likeness (QED) is 0.590. The number of aromatic amines is 1. The van der Waals surface area contributed by atoms with Crippen molar-refractivity contribution in [3.8, 4) is 0 Å². The van der Waals surface area contributed by atoms with Crippen LogP contribution < -0.4 is 10.9 Å². The van der Waals surface area contributed by atoms with E-state index in [0.717, 1.165) is 48.4 Å². The summed E-state index contributed by atoms with van der Waals surface area (Å²) in [4.78, 5) is 31.4. The minimum Gasteiger partial charge on any atom is -0.301 e. The molecule has 2 aromatic rings. The lowest BCUT2D eigenvalue weighted by Crippen LogP contribution is -2.22. The van der Waals surface area contributed by atoms with E-state index in [2.05, 4.69) is 39.3 Å². The van der Waals surface area contributed by atoms with Crippen molar-refractivity contribution in [1.82, 2.24) is 20.2 Å². The molecular weight excluding hydrogens is 358 g/mol. The van der Waals surface area contributed by atoms with E-state index in [1.54, 1.807) is 0 Å². The van der Waals surface area contributed by atoms with Gasteiger partial charge in [-0.05, 0) is 31.6 Å². The van der Waals surface area contributed by atoms with Gasteiger partial charge in [-0.15, -0.1) is 10.2 Å². The Balaban J connectivity index is 1.56. The Labute approximate surface area is 154 Å². The Morgan fingerprint density at radius 2 is 2.12 bits per heavy atom. The molecular formula is C16H21N5O2S2. The van der Waals surface area contributed by atoms with Gasteiger partial charge in [-0.25, -0.2) is 4.98 Å². The fourth-order valence-electron chi connectivity index (χ4n) is 2.67. The van der Waals surface area contributed by atoms with E-state index in [0.29, 0.717) is 16.2 Å². The number of H-pyrrole nitrogens is 1. The molecule has 0 saturated heterocycles. The van der Waals surface area contributed by atoms with Crippen molar-refractivity contribution in [1.29, 1.82) is 0 Å². The number of thioether (sulfide) groups is 1. The van der Waals surface area contributed by atoms with Gasteiger partial charge in [0, 0.05) is 12.0 Å². The number of fused-ring (bicyclic) bond motifs is 1. The zero-order valence-corrected chi connectivity index (χ0v) is 15.9.